The number of amidine groups is 1. The molecule has 1 atom stereocenters. The highest BCUT2D eigenvalue weighted by Crippen LogP contribution is 1.96. The number of aliphatic imine (C=N–C) groups is 1. The van der Waals surface area contributed by atoms with Crippen molar-refractivity contribution in [1.82, 2.24) is 10.2 Å². The topological polar surface area (TPSA) is 27.6 Å². The third kappa shape index (κ3) is 7.37. The lowest BCUT2D eigenvalue weighted by Crippen LogP contribution is -2.33. The number of likely N-dealkylation sites (N-methyl/N-ethyl adjacent to an activating group) is 1. The summed E-state index contributed by atoms with van der Waals surface area (Å²) in [6, 6.07) is 0.838. The van der Waals surface area contributed by atoms with Crippen LogP contribution in [-0.4, -0.2) is 42.5 Å². The zero-order chi connectivity index (χ0) is 11.8. The molecule has 3 nitrogen and oxygen atoms in total. The van der Waals surface area contributed by atoms with Gasteiger partial charge in [-0.15, -0.1) is 0 Å². The molecule has 0 rings (SSSR count). The van der Waals surface area contributed by atoms with E-state index in [0.717, 1.165) is 25.5 Å². The Morgan fingerprint density at radius 3 is 2.13 bits per heavy atom. The number of hydrogen-bond donors (Lipinski definition) is 1. The predicted octanol–water partition coefficient (Wildman–Crippen LogP) is 2.13. The molecule has 0 aromatic rings. The van der Waals surface area contributed by atoms with Gasteiger partial charge in [-0.3, -0.25) is 4.99 Å². The van der Waals surface area contributed by atoms with Gasteiger partial charge in [-0.05, 0) is 40.8 Å². The first-order valence-corrected chi connectivity index (χ1v) is 6.02. The van der Waals surface area contributed by atoms with E-state index < -0.39 is 0 Å². The fourth-order valence-corrected chi connectivity index (χ4v) is 1.68. The highest BCUT2D eigenvalue weighted by Gasteiger charge is 2.05. The lowest BCUT2D eigenvalue weighted by Gasteiger charge is -2.21. The molecule has 0 radical (unpaired) electrons. The summed E-state index contributed by atoms with van der Waals surface area (Å²) in [5.41, 5.74) is 0. The number of rotatable bonds is 6. The van der Waals surface area contributed by atoms with Crippen LogP contribution < -0.4 is 5.32 Å². The van der Waals surface area contributed by atoms with Gasteiger partial charge in [0.1, 0.15) is 0 Å². The van der Waals surface area contributed by atoms with E-state index in [1.165, 1.54) is 0 Å². The highest BCUT2D eigenvalue weighted by atomic mass is 15.1. The van der Waals surface area contributed by atoms with Crippen LogP contribution >= 0.6 is 0 Å². The molecule has 0 heterocycles. The third-order valence-electron chi connectivity index (χ3n) is 2.33. The lowest BCUT2D eigenvalue weighted by molar-refractivity contribution is 0.289. The van der Waals surface area contributed by atoms with Crippen LogP contribution in [0.25, 0.3) is 0 Å². The molecule has 0 saturated carbocycles. The van der Waals surface area contributed by atoms with Gasteiger partial charge in [0.05, 0.1) is 11.9 Å². The first-order valence-electron chi connectivity index (χ1n) is 6.02. The minimum absolute atomic E-state index is 0.371. The van der Waals surface area contributed by atoms with Crippen molar-refractivity contribution in [2.24, 2.45) is 4.99 Å². The van der Waals surface area contributed by atoms with Crippen LogP contribution in [0.3, 0.4) is 0 Å². The minimum Gasteiger partial charge on any atom is -0.372 e. The number of nitrogens with zero attached hydrogens (tertiary/aromatic N) is 2. The molecule has 0 spiro atoms. The molecule has 1 unspecified atom stereocenters. The van der Waals surface area contributed by atoms with E-state index in [0.29, 0.717) is 12.1 Å². The van der Waals surface area contributed by atoms with Crippen LogP contribution in [0.2, 0.25) is 0 Å². The second-order valence-corrected chi connectivity index (χ2v) is 4.35. The Labute approximate surface area is 95.0 Å². The summed E-state index contributed by atoms with van der Waals surface area (Å²) in [5.74, 6) is 1.05. The summed E-state index contributed by atoms with van der Waals surface area (Å²) in [6.45, 7) is 16.1. The molecule has 0 aliphatic heterocycles. The highest BCUT2D eigenvalue weighted by molar-refractivity contribution is 5.79. The smallest absolute Gasteiger partial charge is 0.0937 e. The van der Waals surface area contributed by atoms with E-state index in [1.807, 2.05) is 6.92 Å². The maximum atomic E-state index is 4.62. The van der Waals surface area contributed by atoms with Crippen molar-refractivity contribution in [3.63, 3.8) is 0 Å². The van der Waals surface area contributed by atoms with Gasteiger partial charge in [0, 0.05) is 12.6 Å². The summed E-state index contributed by atoms with van der Waals surface area (Å²) in [5, 5.41) is 3.31. The van der Waals surface area contributed by atoms with E-state index in [2.05, 4.69) is 49.8 Å². The molecule has 0 aromatic heterocycles. The second kappa shape index (κ2) is 7.69. The maximum Gasteiger partial charge on any atom is 0.0937 e. The van der Waals surface area contributed by atoms with Gasteiger partial charge >= 0.3 is 0 Å². The van der Waals surface area contributed by atoms with Gasteiger partial charge in [-0.1, -0.05) is 13.8 Å². The van der Waals surface area contributed by atoms with E-state index in [9.17, 15) is 0 Å². The Hall–Kier alpha value is -0.570. The van der Waals surface area contributed by atoms with Crippen molar-refractivity contribution in [3.05, 3.63) is 0 Å². The number of hydrogen-bond acceptors (Lipinski definition) is 2. The Kier molecular flexibility index (Phi) is 7.39. The van der Waals surface area contributed by atoms with Crippen molar-refractivity contribution >= 4 is 5.84 Å². The first-order chi connectivity index (χ1) is 6.99. The fourth-order valence-electron chi connectivity index (χ4n) is 1.68. The molecule has 3 heteroatoms. The molecule has 0 aromatic carbocycles. The van der Waals surface area contributed by atoms with E-state index in [4.69, 9.17) is 0 Å². The molecule has 90 valence electrons. The summed E-state index contributed by atoms with van der Waals surface area (Å²) in [6.07, 6.45) is 0. The molecule has 15 heavy (non-hydrogen) atoms. The predicted molar refractivity (Wildman–Crippen MR) is 68.6 cm³/mol. The molecule has 0 bridgehead atoms. The van der Waals surface area contributed by atoms with Gasteiger partial charge in [0.25, 0.3) is 0 Å². The zero-order valence-electron chi connectivity index (χ0n) is 11.2. The van der Waals surface area contributed by atoms with Crippen molar-refractivity contribution in [1.29, 1.82) is 0 Å². The SMILES string of the molecule is CCN(CC)CC(C)N=C(C)NC(C)C. The van der Waals surface area contributed by atoms with Gasteiger partial charge in [-0.25, -0.2) is 0 Å². The Morgan fingerprint density at radius 1 is 1.20 bits per heavy atom. The van der Waals surface area contributed by atoms with Crippen molar-refractivity contribution in [3.8, 4) is 0 Å². The minimum atomic E-state index is 0.371. The second-order valence-electron chi connectivity index (χ2n) is 4.35. The average Bonchev–Trinajstić information content (AvgIpc) is 2.12. The van der Waals surface area contributed by atoms with Crippen molar-refractivity contribution in [2.75, 3.05) is 19.6 Å². The van der Waals surface area contributed by atoms with Crippen LogP contribution in [0.4, 0.5) is 0 Å². The molecular weight excluding hydrogens is 186 g/mol. The van der Waals surface area contributed by atoms with Gasteiger partial charge in [-0.2, -0.15) is 0 Å². The summed E-state index contributed by atoms with van der Waals surface area (Å²) < 4.78 is 0. The molecule has 1 N–H and O–H groups in total. The monoisotopic (exact) mass is 213 g/mol. The zero-order valence-corrected chi connectivity index (χ0v) is 11.2. The van der Waals surface area contributed by atoms with Crippen molar-refractivity contribution in [2.45, 2.75) is 53.6 Å². The quantitative estimate of drug-likeness (QED) is 0.541. The Bertz CT molecular complexity index is 183. The van der Waals surface area contributed by atoms with Crippen LogP contribution in [-0.2, 0) is 0 Å². The van der Waals surface area contributed by atoms with Gasteiger partial charge in [0.15, 0.2) is 0 Å². The fraction of sp³-hybridized carbons (Fsp3) is 0.917. The molecule has 0 aliphatic carbocycles. The van der Waals surface area contributed by atoms with Gasteiger partial charge < -0.3 is 10.2 Å². The maximum absolute atomic E-state index is 4.62. The van der Waals surface area contributed by atoms with E-state index in [-0.39, 0.29) is 0 Å². The van der Waals surface area contributed by atoms with E-state index >= 15 is 0 Å². The lowest BCUT2D eigenvalue weighted by atomic mass is 10.3. The number of nitrogens with one attached hydrogen (secondary N) is 1. The van der Waals surface area contributed by atoms with E-state index in [1.54, 1.807) is 0 Å². The Morgan fingerprint density at radius 2 is 1.73 bits per heavy atom. The summed E-state index contributed by atoms with van der Waals surface area (Å²) in [4.78, 5) is 7.02. The largest absolute Gasteiger partial charge is 0.372 e. The normalized spacial score (nSPS) is 14.8. The van der Waals surface area contributed by atoms with Crippen LogP contribution in [0.1, 0.15) is 41.5 Å². The molecule has 0 aliphatic rings. The van der Waals surface area contributed by atoms with Crippen molar-refractivity contribution < 1.29 is 0 Å². The standard InChI is InChI=1S/C12H27N3/c1-7-15(8-2)9-11(5)14-12(6)13-10(3)4/h10-11H,7-9H2,1-6H3,(H,13,14). The third-order valence-corrected chi connectivity index (χ3v) is 2.33. The van der Waals surface area contributed by atoms with Gasteiger partial charge in [0.2, 0.25) is 0 Å². The Balaban J connectivity index is 4.04. The average molecular weight is 213 g/mol. The molecule has 0 saturated heterocycles. The van der Waals surface area contributed by atoms with Crippen LogP contribution in [0.15, 0.2) is 4.99 Å². The first kappa shape index (κ1) is 14.4. The molecule has 0 fully saturated rings. The molecular formula is C12H27N3. The van der Waals surface area contributed by atoms with Crippen LogP contribution in [0, 0.1) is 0 Å². The summed E-state index contributed by atoms with van der Waals surface area (Å²) in [7, 11) is 0. The van der Waals surface area contributed by atoms with Crippen LogP contribution in [0.5, 0.6) is 0 Å². The summed E-state index contributed by atoms with van der Waals surface area (Å²) >= 11 is 0. The molecule has 0 amide bonds.